The molecule has 3 aromatic rings. The first-order chi connectivity index (χ1) is 14.5. The van der Waals surface area contributed by atoms with Crippen molar-refractivity contribution in [3.63, 3.8) is 0 Å². The quantitative estimate of drug-likeness (QED) is 0.467. The van der Waals surface area contributed by atoms with Gasteiger partial charge in [0.2, 0.25) is 5.91 Å². The largest absolute Gasteiger partial charge is 0.497 e. The Kier molecular flexibility index (Phi) is 6.46. The summed E-state index contributed by atoms with van der Waals surface area (Å²) < 4.78 is 10.6. The Balaban J connectivity index is 1.69. The van der Waals surface area contributed by atoms with Crippen LogP contribution < -0.4 is 14.8 Å². The summed E-state index contributed by atoms with van der Waals surface area (Å²) in [5, 5.41) is 11.6. The molecule has 0 radical (unpaired) electrons. The first-order valence-corrected chi connectivity index (χ1v) is 9.19. The molecular formula is C24H20N2O4. The Bertz CT molecular complexity index is 1110. The third-order valence-electron chi connectivity index (χ3n) is 4.52. The maximum atomic E-state index is 12.5. The lowest BCUT2D eigenvalue weighted by Gasteiger charge is -2.11. The second kappa shape index (κ2) is 9.39. The predicted octanol–water partition coefficient (Wildman–Crippen LogP) is 4.45. The normalized spacial score (nSPS) is 10.0. The standard InChI is InChI=1S/C24H20N2O4/c1-29-20-10-11-21(23(13-20)30-2)17-6-8-18(9-7-17)22(27)14-24(28)26-19-5-3-4-16(12-19)15-25/h3-13H,14H2,1-2H3,(H,26,28). The van der Waals surface area contributed by atoms with Gasteiger partial charge in [-0.05, 0) is 35.9 Å². The molecule has 0 aliphatic rings. The average molecular weight is 400 g/mol. The number of ketones is 1. The van der Waals surface area contributed by atoms with Crippen molar-refractivity contribution < 1.29 is 19.1 Å². The van der Waals surface area contributed by atoms with Crippen molar-refractivity contribution in [1.29, 1.82) is 5.26 Å². The molecule has 0 aliphatic heterocycles. The van der Waals surface area contributed by atoms with E-state index in [2.05, 4.69) is 5.32 Å². The van der Waals surface area contributed by atoms with Gasteiger partial charge in [-0.2, -0.15) is 5.26 Å². The molecule has 0 aliphatic carbocycles. The van der Waals surface area contributed by atoms with Gasteiger partial charge < -0.3 is 14.8 Å². The third-order valence-corrected chi connectivity index (χ3v) is 4.52. The molecule has 0 fully saturated rings. The minimum Gasteiger partial charge on any atom is -0.497 e. The molecule has 30 heavy (non-hydrogen) atoms. The molecule has 0 atom stereocenters. The number of amides is 1. The molecule has 0 spiro atoms. The number of nitrogens with one attached hydrogen (secondary N) is 1. The van der Waals surface area contributed by atoms with Crippen LogP contribution in [-0.2, 0) is 4.79 Å². The van der Waals surface area contributed by atoms with Crippen LogP contribution in [0.3, 0.4) is 0 Å². The van der Waals surface area contributed by atoms with E-state index in [-0.39, 0.29) is 12.2 Å². The van der Waals surface area contributed by atoms with E-state index >= 15 is 0 Å². The second-order valence-corrected chi connectivity index (χ2v) is 6.48. The molecule has 150 valence electrons. The summed E-state index contributed by atoms with van der Waals surface area (Å²) in [5.74, 6) is 0.620. The van der Waals surface area contributed by atoms with E-state index in [9.17, 15) is 9.59 Å². The molecule has 0 saturated heterocycles. The van der Waals surface area contributed by atoms with Crippen molar-refractivity contribution in [3.05, 3.63) is 77.9 Å². The smallest absolute Gasteiger partial charge is 0.232 e. The van der Waals surface area contributed by atoms with Crippen LogP contribution in [0.2, 0.25) is 0 Å². The van der Waals surface area contributed by atoms with Gasteiger partial charge in [0.1, 0.15) is 11.5 Å². The Hall–Kier alpha value is -4.11. The minimum atomic E-state index is -0.434. The number of nitrogens with zero attached hydrogens (tertiary/aromatic N) is 1. The Morgan fingerprint density at radius 3 is 2.40 bits per heavy atom. The van der Waals surface area contributed by atoms with Crippen LogP contribution in [0.4, 0.5) is 5.69 Å². The lowest BCUT2D eigenvalue weighted by atomic mass is 10.0. The van der Waals surface area contributed by atoms with E-state index in [0.717, 1.165) is 11.1 Å². The van der Waals surface area contributed by atoms with Crippen LogP contribution in [0, 0.1) is 11.3 Å². The van der Waals surface area contributed by atoms with Gasteiger partial charge >= 0.3 is 0 Å². The SMILES string of the molecule is COc1ccc(-c2ccc(C(=O)CC(=O)Nc3cccc(C#N)c3)cc2)c(OC)c1. The van der Waals surface area contributed by atoms with Gasteiger partial charge in [0.25, 0.3) is 0 Å². The summed E-state index contributed by atoms with van der Waals surface area (Å²) in [6.07, 6.45) is -0.290. The fourth-order valence-corrected chi connectivity index (χ4v) is 2.99. The van der Waals surface area contributed by atoms with Crippen molar-refractivity contribution in [2.75, 3.05) is 19.5 Å². The summed E-state index contributed by atoms with van der Waals surface area (Å²) in [6, 6.07) is 21.0. The number of carbonyl (C=O) groups excluding carboxylic acids is 2. The molecule has 3 rings (SSSR count). The summed E-state index contributed by atoms with van der Waals surface area (Å²) >= 11 is 0. The molecule has 0 bridgehead atoms. The number of ether oxygens (including phenoxy) is 2. The molecule has 0 heterocycles. The van der Waals surface area contributed by atoms with E-state index in [1.807, 2.05) is 30.3 Å². The summed E-state index contributed by atoms with van der Waals surface area (Å²) in [7, 11) is 3.17. The number of nitriles is 1. The van der Waals surface area contributed by atoms with E-state index in [1.54, 1.807) is 56.7 Å². The van der Waals surface area contributed by atoms with Crippen molar-refractivity contribution in [3.8, 4) is 28.7 Å². The Labute approximate surface area is 174 Å². The fourth-order valence-electron chi connectivity index (χ4n) is 2.99. The first-order valence-electron chi connectivity index (χ1n) is 9.19. The molecule has 0 aromatic heterocycles. The monoisotopic (exact) mass is 400 g/mol. The zero-order valence-corrected chi connectivity index (χ0v) is 16.6. The predicted molar refractivity (Wildman–Crippen MR) is 114 cm³/mol. The van der Waals surface area contributed by atoms with Gasteiger partial charge in [0.15, 0.2) is 5.78 Å². The number of benzene rings is 3. The van der Waals surface area contributed by atoms with E-state index < -0.39 is 5.91 Å². The Morgan fingerprint density at radius 1 is 0.967 bits per heavy atom. The van der Waals surface area contributed by atoms with E-state index in [0.29, 0.717) is 28.3 Å². The van der Waals surface area contributed by atoms with E-state index in [1.165, 1.54) is 0 Å². The van der Waals surface area contributed by atoms with Crippen molar-refractivity contribution in [2.45, 2.75) is 6.42 Å². The number of hydrogen-bond acceptors (Lipinski definition) is 5. The summed E-state index contributed by atoms with van der Waals surface area (Å²) in [5.41, 5.74) is 3.10. The van der Waals surface area contributed by atoms with Crippen LogP contribution in [0.15, 0.2) is 66.7 Å². The molecule has 3 aromatic carbocycles. The molecule has 0 unspecified atom stereocenters. The lowest BCUT2D eigenvalue weighted by Crippen LogP contribution is -2.16. The van der Waals surface area contributed by atoms with Crippen LogP contribution in [0.25, 0.3) is 11.1 Å². The van der Waals surface area contributed by atoms with Crippen LogP contribution in [0.5, 0.6) is 11.5 Å². The maximum Gasteiger partial charge on any atom is 0.232 e. The average Bonchev–Trinajstić information content (AvgIpc) is 2.78. The molecule has 6 heteroatoms. The van der Waals surface area contributed by atoms with Gasteiger partial charge in [-0.25, -0.2) is 0 Å². The third kappa shape index (κ3) is 4.83. The van der Waals surface area contributed by atoms with Gasteiger partial charge in [-0.15, -0.1) is 0 Å². The van der Waals surface area contributed by atoms with Crippen LogP contribution in [-0.4, -0.2) is 25.9 Å². The highest BCUT2D eigenvalue weighted by molar-refractivity contribution is 6.11. The zero-order chi connectivity index (χ0) is 21.5. The maximum absolute atomic E-state index is 12.5. The number of methoxy groups -OCH3 is 2. The highest BCUT2D eigenvalue weighted by atomic mass is 16.5. The molecular weight excluding hydrogens is 380 g/mol. The molecule has 1 N–H and O–H groups in total. The van der Waals surface area contributed by atoms with Crippen molar-refractivity contribution in [2.24, 2.45) is 0 Å². The summed E-state index contributed by atoms with van der Waals surface area (Å²) in [6.45, 7) is 0. The van der Waals surface area contributed by atoms with Crippen LogP contribution in [0.1, 0.15) is 22.3 Å². The van der Waals surface area contributed by atoms with Gasteiger partial charge in [0, 0.05) is 22.9 Å². The Morgan fingerprint density at radius 2 is 1.73 bits per heavy atom. The molecule has 0 saturated carbocycles. The topological polar surface area (TPSA) is 88.4 Å². The number of hydrogen-bond donors (Lipinski definition) is 1. The number of anilines is 1. The molecule has 1 amide bonds. The number of rotatable bonds is 7. The molecule has 6 nitrogen and oxygen atoms in total. The van der Waals surface area contributed by atoms with E-state index in [4.69, 9.17) is 14.7 Å². The van der Waals surface area contributed by atoms with Crippen molar-refractivity contribution in [1.82, 2.24) is 0 Å². The highest BCUT2D eigenvalue weighted by Gasteiger charge is 2.14. The summed E-state index contributed by atoms with van der Waals surface area (Å²) in [4.78, 5) is 24.7. The first kappa shape index (κ1) is 20.6. The minimum absolute atomic E-state index is 0.290. The van der Waals surface area contributed by atoms with Crippen LogP contribution >= 0.6 is 0 Å². The van der Waals surface area contributed by atoms with Gasteiger partial charge in [0.05, 0.1) is 32.3 Å². The highest BCUT2D eigenvalue weighted by Crippen LogP contribution is 2.33. The van der Waals surface area contributed by atoms with Gasteiger partial charge in [-0.1, -0.05) is 30.3 Å². The van der Waals surface area contributed by atoms with Crippen molar-refractivity contribution >= 4 is 17.4 Å². The second-order valence-electron chi connectivity index (χ2n) is 6.48. The lowest BCUT2D eigenvalue weighted by molar-refractivity contribution is -0.115. The van der Waals surface area contributed by atoms with Gasteiger partial charge in [-0.3, -0.25) is 9.59 Å². The number of Topliss-reactive ketones (excluding diaryl/α,β-unsaturated/α-hetero) is 1. The fraction of sp³-hybridized carbons (Fsp3) is 0.125. The zero-order valence-electron chi connectivity index (χ0n) is 16.6. The number of carbonyl (C=O) groups is 2.